The fourth-order valence-corrected chi connectivity index (χ4v) is 3.09. The highest BCUT2D eigenvalue weighted by molar-refractivity contribution is 7.89. The Balaban J connectivity index is 0.00000441. The summed E-state index contributed by atoms with van der Waals surface area (Å²) in [7, 11) is -4.49. The lowest BCUT2D eigenvalue weighted by Crippen LogP contribution is -2.47. The quantitative estimate of drug-likeness (QED) is 0.729. The fourth-order valence-electron chi connectivity index (χ4n) is 2.15. The second-order valence-corrected chi connectivity index (χ2v) is 7.57. The van der Waals surface area contributed by atoms with E-state index < -0.39 is 21.8 Å². The van der Waals surface area contributed by atoms with Crippen LogP contribution >= 0.6 is 12.4 Å². The molecule has 1 atom stereocenters. The Morgan fingerprint density at radius 2 is 1.82 bits per heavy atom. The molecule has 132 valence electrons. The molecule has 1 aliphatic rings. The number of nitrogens with one attached hydrogen (secondary N) is 1. The molecule has 0 spiro atoms. The van der Waals surface area contributed by atoms with Crippen LogP contribution in [0.2, 0.25) is 0 Å². The van der Waals surface area contributed by atoms with Crippen LogP contribution in [0.5, 0.6) is 0 Å². The van der Waals surface area contributed by atoms with E-state index in [0.29, 0.717) is 19.4 Å². The minimum atomic E-state index is -4.49. The SMILES string of the molecule is CC(C)[C@H](N)C(=O)NCC1CCN(S(=O)(=O)C(F)F)CC1.Cl. The zero-order valence-corrected chi connectivity index (χ0v) is 14.3. The number of rotatable bonds is 6. The summed E-state index contributed by atoms with van der Waals surface area (Å²) in [6.45, 7) is 4.20. The second kappa shape index (κ2) is 8.95. The molecular formula is C12H24ClF2N3O3S. The molecule has 0 aromatic rings. The first kappa shape index (κ1) is 21.5. The van der Waals surface area contributed by atoms with E-state index in [4.69, 9.17) is 5.73 Å². The maximum Gasteiger partial charge on any atom is 0.350 e. The molecule has 1 heterocycles. The fraction of sp³-hybridized carbons (Fsp3) is 0.917. The van der Waals surface area contributed by atoms with Crippen molar-refractivity contribution in [1.29, 1.82) is 0 Å². The van der Waals surface area contributed by atoms with Crippen molar-refractivity contribution in [2.45, 2.75) is 38.5 Å². The first-order valence-corrected chi connectivity index (χ1v) is 8.47. The molecule has 22 heavy (non-hydrogen) atoms. The molecule has 0 bridgehead atoms. The average molecular weight is 364 g/mol. The monoisotopic (exact) mass is 363 g/mol. The van der Waals surface area contributed by atoms with Crippen molar-refractivity contribution in [1.82, 2.24) is 9.62 Å². The van der Waals surface area contributed by atoms with Crippen molar-refractivity contribution in [3.05, 3.63) is 0 Å². The summed E-state index contributed by atoms with van der Waals surface area (Å²) in [5.74, 6) is -3.51. The molecule has 0 unspecified atom stereocenters. The third-order valence-corrected chi connectivity index (χ3v) is 5.28. The van der Waals surface area contributed by atoms with Crippen LogP contribution < -0.4 is 11.1 Å². The predicted molar refractivity (Wildman–Crippen MR) is 82.3 cm³/mol. The molecule has 0 saturated carbocycles. The van der Waals surface area contributed by atoms with Gasteiger partial charge in [-0.3, -0.25) is 4.79 Å². The maximum atomic E-state index is 12.4. The normalized spacial score (nSPS) is 19.0. The molecule has 1 aliphatic heterocycles. The van der Waals surface area contributed by atoms with E-state index in [0.717, 1.165) is 4.31 Å². The smallest absolute Gasteiger partial charge is 0.350 e. The number of alkyl halides is 2. The highest BCUT2D eigenvalue weighted by Crippen LogP contribution is 2.22. The summed E-state index contributed by atoms with van der Waals surface area (Å²) in [6.07, 6.45) is 0.895. The summed E-state index contributed by atoms with van der Waals surface area (Å²) in [4.78, 5) is 11.7. The number of amides is 1. The van der Waals surface area contributed by atoms with Gasteiger partial charge in [0, 0.05) is 19.6 Å². The summed E-state index contributed by atoms with van der Waals surface area (Å²) in [5, 5.41) is 2.73. The highest BCUT2D eigenvalue weighted by Gasteiger charge is 2.34. The van der Waals surface area contributed by atoms with Crippen molar-refractivity contribution >= 4 is 28.3 Å². The summed E-state index contributed by atoms with van der Waals surface area (Å²) < 4.78 is 48.3. The van der Waals surface area contributed by atoms with E-state index in [-0.39, 0.29) is 43.2 Å². The third-order valence-electron chi connectivity index (χ3n) is 3.74. The number of hydrogen-bond donors (Lipinski definition) is 2. The van der Waals surface area contributed by atoms with Gasteiger partial charge in [0.05, 0.1) is 6.04 Å². The lowest BCUT2D eigenvalue weighted by atomic mass is 9.97. The van der Waals surface area contributed by atoms with Crippen molar-refractivity contribution in [2.24, 2.45) is 17.6 Å². The third kappa shape index (κ3) is 5.60. The Kier molecular flexibility index (Phi) is 8.74. The van der Waals surface area contributed by atoms with Crippen molar-refractivity contribution < 1.29 is 22.0 Å². The standard InChI is InChI=1S/C12H23F2N3O3S.ClH/c1-8(2)10(15)11(18)16-7-9-3-5-17(6-4-9)21(19,20)12(13)14;/h8-10,12H,3-7,15H2,1-2H3,(H,16,18);1H/t10-;/m0./s1. The lowest BCUT2D eigenvalue weighted by Gasteiger charge is -2.31. The van der Waals surface area contributed by atoms with Gasteiger partial charge in [-0.15, -0.1) is 12.4 Å². The molecule has 1 rings (SSSR count). The van der Waals surface area contributed by atoms with Gasteiger partial charge in [0.25, 0.3) is 10.0 Å². The van der Waals surface area contributed by atoms with Gasteiger partial charge < -0.3 is 11.1 Å². The average Bonchev–Trinajstić information content (AvgIpc) is 2.44. The van der Waals surface area contributed by atoms with Gasteiger partial charge in [-0.25, -0.2) is 8.42 Å². The van der Waals surface area contributed by atoms with Crippen LogP contribution in [-0.4, -0.2) is 50.1 Å². The van der Waals surface area contributed by atoms with Crippen LogP contribution in [0.25, 0.3) is 0 Å². The number of sulfonamides is 1. The van der Waals surface area contributed by atoms with Crippen LogP contribution in [0.3, 0.4) is 0 Å². The first-order valence-electron chi connectivity index (χ1n) is 6.96. The van der Waals surface area contributed by atoms with Gasteiger partial charge in [-0.1, -0.05) is 13.8 Å². The molecule has 0 aromatic carbocycles. The number of nitrogens with zero attached hydrogens (tertiary/aromatic N) is 1. The van der Waals surface area contributed by atoms with Gasteiger partial charge in [0.2, 0.25) is 5.91 Å². The predicted octanol–water partition coefficient (Wildman–Crippen LogP) is 0.772. The molecule has 0 aromatic heterocycles. The molecule has 1 amide bonds. The van der Waals surface area contributed by atoms with E-state index in [1.807, 2.05) is 13.8 Å². The number of halogens is 3. The van der Waals surface area contributed by atoms with Gasteiger partial charge in [-0.2, -0.15) is 13.1 Å². The van der Waals surface area contributed by atoms with E-state index in [1.165, 1.54) is 0 Å². The molecule has 1 saturated heterocycles. The van der Waals surface area contributed by atoms with Crippen LogP contribution in [0.15, 0.2) is 0 Å². The summed E-state index contributed by atoms with van der Waals surface area (Å²) >= 11 is 0. The van der Waals surface area contributed by atoms with Crippen molar-refractivity contribution in [3.63, 3.8) is 0 Å². The number of carbonyl (C=O) groups is 1. The minimum Gasteiger partial charge on any atom is -0.354 e. The second-order valence-electron chi connectivity index (χ2n) is 5.66. The lowest BCUT2D eigenvalue weighted by molar-refractivity contribution is -0.123. The van der Waals surface area contributed by atoms with Crippen LogP contribution in [0, 0.1) is 11.8 Å². The van der Waals surface area contributed by atoms with E-state index in [9.17, 15) is 22.0 Å². The van der Waals surface area contributed by atoms with Gasteiger partial charge in [0.1, 0.15) is 0 Å². The van der Waals surface area contributed by atoms with E-state index in [1.54, 1.807) is 0 Å². The van der Waals surface area contributed by atoms with Crippen LogP contribution in [-0.2, 0) is 14.8 Å². The van der Waals surface area contributed by atoms with Crippen LogP contribution in [0.1, 0.15) is 26.7 Å². The Bertz CT molecular complexity index is 455. The summed E-state index contributed by atoms with van der Waals surface area (Å²) in [6, 6.07) is -0.579. The number of nitrogens with two attached hydrogens (primary N) is 1. The first-order chi connectivity index (χ1) is 9.66. The highest BCUT2D eigenvalue weighted by atomic mass is 35.5. The number of piperidine rings is 1. The zero-order valence-electron chi connectivity index (χ0n) is 12.7. The van der Waals surface area contributed by atoms with Gasteiger partial charge in [0.15, 0.2) is 0 Å². The number of carbonyl (C=O) groups excluding carboxylic acids is 1. The molecule has 1 fully saturated rings. The molecule has 0 radical (unpaired) electrons. The Morgan fingerprint density at radius 1 is 1.32 bits per heavy atom. The molecule has 10 heteroatoms. The molecule has 3 N–H and O–H groups in total. The Hall–Kier alpha value is -0.510. The van der Waals surface area contributed by atoms with Gasteiger partial charge in [-0.05, 0) is 24.7 Å². The van der Waals surface area contributed by atoms with E-state index >= 15 is 0 Å². The largest absolute Gasteiger partial charge is 0.354 e. The minimum absolute atomic E-state index is 0. The van der Waals surface area contributed by atoms with Crippen LogP contribution in [0.4, 0.5) is 8.78 Å². The Labute approximate surface area is 136 Å². The zero-order chi connectivity index (χ0) is 16.2. The number of hydrogen-bond acceptors (Lipinski definition) is 4. The maximum absolute atomic E-state index is 12.4. The van der Waals surface area contributed by atoms with Crippen molar-refractivity contribution in [3.8, 4) is 0 Å². The topological polar surface area (TPSA) is 92.5 Å². The van der Waals surface area contributed by atoms with Crippen molar-refractivity contribution in [2.75, 3.05) is 19.6 Å². The van der Waals surface area contributed by atoms with E-state index in [2.05, 4.69) is 5.32 Å². The molecule has 0 aliphatic carbocycles. The molecular weight excluding hydrogens is 340 g/mol. The van der Waals surface area contributed by atoms with Gasteiger partial charge >= 0.3 is 5.76 Å². The Morgan fingerprint density at radius 3 is 2.23 bits per heavy atom. The summed E-state index contributed by atoms with van der Waals surface area (Å²) in [5.41, 5.74) is 5.71. The molecule has 6 nitrogen and oxygen atoms in total.